The van der Waals surface area contributed by atoms with E-state index in [2.05, 4.69) is 10.4 Å². The first-order valence-electron chi connectivity index (χ1n) is 6.26. The van der Waals surface area contributed by atoms with Crippen LogP contribution in [0.2, 0.25) is 5.02 Å². The molecule has 1 aromatic carbocycles. The lowest BCUT2D eigenvalue weighted by Gasteiger charge is -2.13. The molecule has 0 saturated carbocycles. The third-order valence-electron chi connectivity index (χ3n) is 2.80. The number of methoxy groups -OCH3 is 1. The Morgan fingerprint density at radius 3 is 2.80 bits per heavy atom. The van der Waals surface area contributed by atoms with Gasteiger partial charge in [-0.25, -0.2) is 0 Å². The van der Waals surface area contributed by atoms with Gasteiger partial charge in [-0.15, -0.1) is 0 Å². The Kier molecular flexibility index (Phi) is 4.87. The van der Waals surface area contributed by atoms with Gasteiger partial charge in [0.25, 0.3) is 0 Å². The lowest BCUT2D eigenvalue weighted by Crippen LogP contribution is -2.06. The highest BCUT2D eigenvalue weighted by molar-refractivity contribution is 6.32. The molecule has 0 radical (unpaired) electrons. The Labute approximate surface area is 123 Å². The van der Waals surface area contributed by atoms with Gasteiger partial charge in [-0.2, -0.15) is 5.10 Å². The highest BCUT2D eigenvalue weighted by atomic mass is 35.5. The number of aryl methyl sites for hydroxylation is 1. The molecule has 6 heteroatoms. The fourth-order valence-corrected chi connectivity index (χ4v) is 2.19. The second-order valence-corrected chi connectivity index (χ2v) is 4.82. The van der Waals surface area contributed by atoms with E-state index in [1.807, 2.05) is 38.5 Å². The summed E-state index contributed by atoms with van der Waals surface area (Å²) in [4.78, 5) is 0. The second-order valence-electron chi connectivity index (χ2n) is 4.41. The van der Waals surface area contributed by atoms with Crippen LogP contribution in [0.3, 0.4) is 0 Å². The van der Waals surface area contributed by atoms with Crippen LogP contribution >= 0.6 is 11.6 Å². The molecular weight excluding hydrogens is 278 g/mol. The van der Waals surface area contributed by atoms with Crippen LogP contribution in [0.5, 0.6) is 11.5 Å². The molecule has 5 nitrogen and oxygen atoms in total. The molecule has 1 heterocycles. The predicted molar refractivity (Wildman–Crippen MR) is 78.3 cm³/mol. The summed E-state index contributed by atoms with van der Waals surface area (Å²) in [5, 5.41) is 7.86. The summed E-state index contributed by atoms with van der Waals surface area (Å²) in [7, 11) is 5.35. The average molecular weight is 296 g/mol. The van der Waals surface area contributed by atoms with E-state index in [9.17, 15) is 0 Å². The summed E-state index contributed by atoms with van der Waals surface area (Å²) in [5.41, 5.74) is 1.88. The van der Waals surface area contributed by atoms with Crippen molar-refractivity contribution in [1.29, 1.82) is 0 Å². The van der Waals surface area contributed by atoms with Gasteiger partial charge in [-0.1, -0.05) is 11.6 Å². The first-order chi connectivity index (χ1) is 9.63. The van der Waals surface area contributed by atoms with Crippen LogP contribution in [0.25, 0.3) is 0 Å². The SMILES string of the molecule is CNCc1cc(Cl)c(OCc2ccn(C)n2)c(OC)c1. The number of rotatable bonds is 6. The summed E-state index contributed by atoms with van der Waals surface area (Å²) in [6.45, 7) is 1.07. The smallest absolute Gasteiger partial charge is 0.180 e. The van der Waals surface area contributed by atoms with Crippen molar-refractivity contribution >= 4 is 11.6 Å². The minimum atomic E-state index is 0.349. The van der Waals surface area contributed by atoms with E-state index < -0.39 is 0 Å². The molecular formula is C14H18ClN3O2. The minimum absolute atomic E-state index is 0.349. The Balaban J connectivity index is 2.17. The molecule has 0 aliphatic heterocycles. The maximum atomic E-state index is 6.26. The zero-order chi connectivity index (χ0) is 14.5. The molecule has 20 heavy (non-hydrogen) atoms. The lowest BCUT2D eigenvalue weighted by atomic mass is 10.2. The number of aromatic nitrogens is 2. The Morgan fingerprint density at radius 1 is 1.40 bits per heavy atom. The molecule has 0 unspecified atom stereocenters. The molecule has 1 aromatic heterocycles. The van der Waals surface area contributed by atoms with E-state index in [0.29, 0.717) is 23.1 Å². The van der Waals surface area contributed by atoms with Crippen molar-refractivity contribution in [2.45, 2.75) is 13.2 Å². The molecule has 0 spiro atoms. The largest absolute Gasteiger partial charge is 0.493 e. The van der Waals surface area contributed by atoms with E-state index in [1.165, 1.54) is 0 Å². The van der Waals surface area contributed by atoms with Gasteiger partial charge >= 0.3 is 0 Å². The summed E-state index contributed by atoms with van der Waals surface area (Å²) in [6, 6.07) is 5.68. The molecule has 0 fully saturated rings. The summed E-state index contributed by atoms with van der Waals surface area (Å²) in [5.74, 6) is 1.17. The lowest BCUT2D eigenvalue weighted by molar-refractivity contribution is 0.279. The molecule has 0 aliphatic rings. The zero-order valence-corrected chi connectivity index (χ0v) is 12.6. The third-order valence-corrected chi connectivity index (χ3v) is 3.08. The van der Waals surface area contributed by atoms with Crippen LogP contribution < -0.4 is 14.8 Å². The maximum Gasteiger partial charge on any atom is 0.180 e. The van der Waals surface area contributed by atoms with Crippen LogP contribution in [0.15, 0.2) is 24.4 Å². The quantitative estimate of drug-likeness (QED) is 0.889. The van der Waals surface area contributed by atoms with E-state index in [4.69, 9.17) is 21.1 Å². The van der Waals surface area contributed by atoms with Crippen LogP contribution in [-0.2, 0) is 20.2 Å². The molecule has 0 amide bonds. The first kappa shape index (κ1) is 14.7. The fourth-order valence-electron chi connectivity index (χ4n) is 1.91. The van der Waals surface area contributed by atoms with E-state index >= 15 is 0 Å². The number of benzene rings is 1. The van der Waals surface area contributed by atoms with Crippen LogP contribution in [-0.4, -0.2) is 23.9 Å². The normalized spacial score (nSPS) is 10.6. The van der Waals surface area contributed by atoms with Crippen molar-refractivity contribution in [3.8, 4) is 11.5 Å². The van der Waals surface area contributed by atoms with Gasteiger partial charge in [0.15, 0.2) is 11.5 Å². The molecule has 0 saturated heterocycles. The van der Waals surface area contributed by atoms with Crippen LogP contribution in [0, 0.1) is 0 Å². The molecule has 108 valence electrons. The van der Waals surface area contributed by atoms with Crippen LogP contribution in [0.1, 0.15) is 11.3 Å². The number of nitrogens with one attached hydrogen (secondary N) is 1. The molecule has 1 N–H and O–H groups in total. The molecule has 0 atom stereocenters. The van der Waals surface area contributed by atoms with Gasteiger partial charge in [-0.05, 0) is 30.8 Å². The zero-order valence-electron chi connectivity index (χ0n) is 11.8. The molecule has 0 bridgehead atoms. The van der Waals surface area contributed by atoms with Gasteiger partial charge < -0.3 is 14.8 Å². The minimum Gasteiger partial charge on any atom is -0.493 e. The van der Waals surface area contributed by atoms with Crippen molar-refractivity contribution in [1.82, 2.24) is 15.1 Å². The van der Waals surface area contributed by atoms with Gasteiger partial charge in [-0.3, -0.25) is 4.68 Å². The number of ether oxygens (including phenoxy) is 2. The summed E-state index contributed by atoms with van der Waals surface area (Å²) in [6.07, 6.45) is 1.87. The average Bonchev–Trinajstić information content (AvgIpc) is 2.83. The van der Waals surface area contributed by atoms with Gasteiger partial charge in [0.1, 0.15) is 6.61 Å². The second kappa shape index (κ2) is 6.63. The van der Waals surface area contributed by atoms with Crippen molar-refractivity contribution in [3.63, 3.8) is 0 Å². The molecule has 2 aromatic rings. The van der Waals surface area contributed by atoms with Gasteiger partial charge in [0.2, 0.25) is 0 Å². The Hall–Kier alpha value is -1.72. The number of halogens is 1. The monoisotopic (exact) mass is 295 g/mol. The fraction of sp³-hybridized carbons (Fsp3) is 0.357. The van der Waals surface area contributed by atoms with Gasteiger partial charge in [0.05, 0.1) is 17.8 Å². The van der Waals surface area contributed by atoms with Crippen molar-refractivity contribution in [3.05, 3.63) is 40.7 Å². The van der Waals surface area contributed by atoms with Crippen molar-refractivity contribution in [2.75, 3.05) is 14.2 Å². The van der Waals surface area contributed by atoms with Crippen molar-refractivity contribution < 1.29 is 9.47 Å². The molecule has 2 rings (SSSR count). The van der Waals surface area contributed by atoms with Gasteiger partial charge in [0, 0.05) is 19.8 Å². The first-order valence-corrected chi connectivity index (χ1v) is 6.64. The highest BCUT2D eigenvalue weighted by Gasteiger charge is 2.12. The topological polar surface area (TPSA) is 48.3 Å². The number of hydrogen-bond donors (Lipinski definition) is 1. The number of hydrogen-bond acceptors (Lipinski definition) is 4. The van der Waals surface area contributed by atoms with E-state index in [1.54, 1.807) is 11.8 Å². The Morgan fingerprint density at radius 2 is 2.20 bits per heavy atom. The standard InChI is InChI=1S/C14H18ClN3O2/c1-16-8-10-6-12(15)14(13(7-10)19-3)20-9-11-4-5-18(2)17-11/h4-7,16H,8-9H2,1-3H3. The molecule has 0 aliphatic carbocycles. The predicted octanol–water partition coefficient (Wildman–Crippen LogP) is 2.38. The number of nitrogens with zero attached hydrogens (tertiary/aromatic N) is 2. The summed E-state index contributed by atoms with van der Waals surface area (Å²) >= 11 is 6.26. The van der Waals surface area contributed by atoms with Crippen molar-refractivity contribution in [2.24, 2.45) is 7.05 Å². The Bertz CT molecular complexity index is 584. The maximum absolute atomic E-state index is 6.26. The van der Waals surface area contributed by atoms with E-state index in [0.717, 1.165) is 17.8 Å². The third kappa shape index (κ3) is 3.43. The van der Waals surface area contributed by atoms with E-state index in [-0.39, 0.29) is 0 Å². The summed E-state index contributed by atoms with van der Waals surface area (Å²) < 4.78 is 12.8. The van der Waals surface area contributed by atoms with Crippen LogP contribution in [0.4, 0.5) is 0 Å². The highest BCUT2D eigenvalue weighted by Crippen LogP contribution is 2.36.